The zero-order valence-corrected chi connectivity index (χ0v) is 8.77. The van der Waals surface area contributed by atoms with Crippen molar-refractivity contribution in [3.8, 4) is 5.75 Å². The van der Waals surface area contributed by atoms with Crippen molar-refractivity contribution in [2.24, 2.45) is 0 Å². The molecule has 6 heteroatoms. The molecule has 0 spiro atoms. The maximum atomic E-state index is 12.3. The van der Waals surface area contributed by atoms with Crippen LogP contribution < -0.4 is 0 Å². The first-order valence-corrected chi connectivity index (χ1v) is 4.89. The summed E-state index contributed by atoms with van der Waals surface area (Å²) in [7, 11) is 0. The monoisotopic (exact) mass is 252 g/mol. The molecule has 0 atom stereocenters. The predicted octanol–water partition coefficient (Wildman–Crippen LogP) is 3.22. The second-order valence-corrected chi connectivity index (χ2v) is 3.47. The number of aromatic hydroxyl groups is 1. The molecule has 0 aromatic heterocycles. The van der Waals surface area contributed by atoms with Crippen LogP contribution in [0.1, 0.15) is 22.3 Å². The van der Waals surface area contributed by atoms with Gasteiger partial charge in [0.15, 0.2) is 5.78 Å². The molecular formula is C10H8ClF3O2. The van der Waals surface area contributed by atoms with E-state index in [2.05, 4.69) is 0 Å². The Morgan fingerprint density at radius 2 is 2.00 bits per heavy atom. The largest absolute Gasteiger partial charge is 0.507 e. The Bertz CT molecular complexity index is 402. The summed E-state index contributed by atoms with van der Waals surface area (Å²) in [6, 6.07) is 2.20. The highest BCUT2D eigenvalue weighted by molar-refractivity contribution is 6.19. The fourth-order valence-corrected chi connectivity index (χ4v) is 1.33. The van der Waals surface area contributed by atoms with Crippen LogP contribution in [0.2, 0.25) is 0 Å². The van der Waals surface area contributed by atoms with E-state index in [1.54, 1.807) is 0 Å². The fraction of sp³-hybridized carbons (Fsp3) is 0.300. The topological polar surface area (TPSA) is 37.3 Å². The van der Waals surface area contributed by atoms with Gasteiger partial charge >= 0.3 is 6.18 Å². The Kier molecular flexibility index (Phi) is 3.80. The standard InChI is InChI=1S/C10H8ClF3O2/c11-4-3-9(16)7-5-6(10(12,13)14)1-2-8(7)15/h1-2,5,15H,3-4H2. The van der Waals surface area contributed by atoms with Crippen LogP contribution in [0.3, 0.4) is 0 Å². The molecule has 2 nitrogen and oxygen atoms in total. The van der Waals surface area contributed by atoms with Crippen molar-refractivity contribution >= 4 is 17.4 Å². The Balaban J connectivity index is 3.14. The van der Waals surface area contributed by atoms with E-state index < -0.39 is 23.3 Å². The predicted molar refractivity (Wildman–Crippen MR) is 52.8 cm³/mol. The van der Waals surface area contributed by atoms with Crippen molar-refractivity contribution < 1.29 is 23.1 Å². The number of carbonyl (C=O) groups is 1. The van der Waals surface area contributed by atoms with Crippen molar-refractivity contribution in [3.05, 3.63) is 29.3 Å². The maximum Gasteiger partial charge on any atom is 0.416 e. The van der Waals surface area contributed by atoms with E-state index in [0.29, 0.717) is 12.1 Å². The average Bonchev–Trinajstić information content (AvgIpc) is 2.16. The lowest BCUT2D eigenvalue weighted by Gasteiger charge is -2.09. The number of phenolic OH excluding ortho intramolecular Hbond substituents is 1. The van der Waals surface area contributed by atoms with E-state index >= 15 is 0 Å². The third-order valence-corrected chi connectivity index (χ3v) is 2.13. The number of rotatable bonds is 3. The molecular weight excluding hydrogens is 245 g/mol. The molecule has 0 amide bonds. The molecule has 0 aliphatic heterocycles. The van der Waals surface area contributed by atoms with Gasteiger partial charge in [0.1, 0.15) is 5.75 Å². The van der Waals surface area contributed by atoms with Gasteiger partial charge in [-0.15, -0.1) is 11.6 Å². The molecule has 0 saturated carbocycles. The van der Waals surface area contributed by atoms with Crippen LogP contribution in [0.4, 0.5) is 13.2 Å². The summed E-state index contributed by atoms with van der Waals surface area (Å²) >= 11 is 5.30. The van der Waals surface area contributed by atoms with Crippen molar-refractivity contribution in [2.45, 2.75) is 12.6 Å². The number of phenols is 1. The minimum absolute atomic E-state index is 0.00544. The van der Waals surface area contributed by atoms with Gasteiger partial charge in [-0.05, 0) is 18.2 Å². The number of benzene rings is 1. The Morgan fingerprint density at radius 1 is 1.38 bits per heavy atom. The van der Waals surface area contributed by atoms with Gasteiger partial charge in [0, 0.05) is 12.3 Å². The van der Waals surface area contributed by atoms with E-state index in [9.17, 15) is 23.1 Å². The minimum Gasteiger partial charge on any atom is -0.507 e. The van der Waals surface area contributed by atoms with Crippen molar-refractivity contribution in [1.29, 1.82) is 0 Å². The first-order valence-electron chi connectivity index (χ1n) is 4.35. The normalized spacial score (nSPS) is 11.5. The lowest BCUT2D eigenvalue weighted by atomic mass is 10.0. The van der Waals surface area contributed by atoms with Crippen LogP contribution in [0.15, 0.2) is 18.2 Å². The highest BCUT2D eigenvalue weighted by Gasteiger charge is 2.31. The lowest BCUT2D eigenvalue weighted by molar-refractivity contribution is -0.137. The summed E-state index contributed by atoms with van der Waals surface area (Å²) < 4.78 is 37.0. The van der Waals surface area contributed by atoms with Crippen LogP contribution in [0.25, 0.3) is 0 Å². The molecule has 1 aromatic rings. The number of halogens is 4. The van der Waals surface area contributed by atoms with E-state index in [-0.39, 0.29) is 17.9 Å². The maximum absolute atomic E-state index is 12.3. The minimum atomic E-state index is -4.54. The van der Waals surface area contributed by atoms with Crippen LogP contribution in [0, 0.1) is 0 Å². The molecule has 1 rings (SSSR count). The first-order chi connectivity index (χ1) is 7.36. The van der Waals surface area contributed by atoms with Gasteiger partial charge in [-0.25, -0.2) is 0 Å². The third-order valence-electron chi connectivity index (χ3n) is 1.95. The van der Waals surface area contributed by atoms with Crippen molar-refractivity contribution in [2.75, 3.05) is 5.88 Å². The zero-order chi connectivity index (χ0) is 12.3. The van der Waals surface area contributed by atoms with Crippen molar-refractivity contribution in [1.82, 2.24) is 0 Å². The summed E-state index contributed by atoms with van der Waals surface area (Å²) in [5, 5.41) is 9.27. The molecule has 0 aliphatic carbocycles. The van der Waals surface area contributed by atoms with Crippen molar-refractivity contribution in [3.63, 3.8) is 0 Å². The average molecular weight is 253 g/mol. The van der Waals surface area contributed by atoms with Gasteiger partial charge in [0.25, 0.3) is 0 Å². The number of carbonyl (C=O) groups excluding carboxylic acids is 1. The second kappa shape index (κ2) is 4.74. The molecule has 0 unspecified atom stereocenters. The number of hydrogen-bond acceptors (Lipinski definition) is 2. The molecule has 1 N–H and O–H groups in total. The van der Waals surface area contributed by atoms with Gasteiger partial charge in [0.05, 0.1) is 11.1 Å². The Morgan fingerprint density at radius 3 is 2.50 bits per heavy atom. The van der Waals surface area contributed by atoms with E-state index in [1.807, 2.05) is 0 Å². The van der Waals surface area contributed by atoms with Gasteiger partial charge in [-0.3, -0.25) is 4.79 Å². The smallest absolute Gasteiger partial charge is 0.416 e. The molecule has 88 valence electrons. The first kappa shape index (κ1) is 12.8. The van der Waals surface area contributed by atoms with Gasteiger partial charge in [-0.2, -0.15) is 13.2 Å². The molecule has 16 heavy (non-hydrogen) atoms. The van der Waals surface area contributed by atoms with Crippen LogP contribution in [-0.2, 0) is 6.18 Å². The molecule has 1 aromatic carbocycles. The summed E-state index contributed by atoms with van der Waals surface area (Å²) in [5.41, 5.74) is -1.32. The third kappa shape index (κ3) is 2.88. The fourth-order valence-electron chi connectivity index (χ4n) is 1.16. The summed E-state index contributed by atoms with van der Waals surface area (Å²) in [4.78, 5) is 11.3. The van der Waals surface area contributed by atoms with E-state index in [0.717, 1.165) is 6.07 Å². The second-order valence-electron chi connectivity index (χ2n) is 3.09. The number of ketones is 1. The van der Waals surface area contributed by atoms with Crippen LogP contribution in [-0.4, -0.2) is 16.8 Å². The van der Waals surface area contributed by atoms with Crippen LogP contribution in [0.5, 0.6) is 5.75 Å². The molecule has 0 heterocycles. The number of hydrogen-bond donors (Lipinski definition) is 1. The van der Waals surface area contributed by atoms with Gasteiger partial charge in [0.2, 0.25) is 0 Å². The zero-order valence-electron chi connectivity index (χ0n) is 8.01. The molecule has 0 radical (unpaired) electrons. The lowest BCUT2D eigenvalue weighted by Crippen LogP contribution is -2.08. The highest BCUT2D eigenvalue weighted by Crippen LogP contribution is 2.32. The highest BCUT2D eigenvalue weighted by atomic mass is 35.5. The quantitative estimate of drug-likeness (QED) is 0.662. The summed E-state index contributed by atoms with van der Waals surface area (Å²) in [5.74, 6) is -1.09. The molecule has 0 aliphatic rings. The van der Waals surface area contributed by atoms with Crippen LogP contribution >= 0.6 is 11.6 Å². The Labute approximate surface area is 94.6 Å². The number of alkyl halides is 4. The van der Waals surface area contributed by atoms with E-state index in [1.165, 1.54) is 0 Å². The molecule has 0 saturated heterocycles. The van der Waals surface area contributed by atoms with E-state index in [4.69, 9.17) is 11.6 Å². The Hall–Kier alpha value is -1.23. The number of Topliss-reactive ketones (excluding diaryl/α,β-unsaturated/α-hetero) is 1. The molecule has 0 fully saturated rings. The summed E-state index contributed by atoms with van der Waals surface area (Å²) in [6.07, 6.45) is -4.65. The molecule has 0 bridgehead atoms. The SMILES string of the molecule is O=C(CCCl)c1cc(C(F)(F)F)ccc1O. The summed E-state index contributed by atoms with van der Waals surface area (Å²) in [6.45, 7) is 0. The van der Waals surface area contributed by atoms with Gasteiger partial charge in [-0.1, -0.05) is 0 Å². The van der Waals surface area contributed by atoms with Gasteiger partial charge < -0.3 is 5.11 Å².